The minimum Gasteiger partial charge on any atom is -0.309 e. The summed E-state index contributed by atoms with van der Waals surface area (Å²) in [7, 11) is 1.92. The summed E-state index contributed by atoms with van der Waals surface area (Å²) >= 11 is 1.40. The topological polar surface area (TPSA) is 30.7 Å². The van der Waals surface area contributed by atoms with Crippen molar-refractivity contribution in [3.05, 3.63) is 77.1 Å². The predicted molar refractivity (Wildman–Crippen MR) is 98.5 cm³/mol. The van der Waals surface area contributed by atoms with E-state index >= 15 is 0 Å². The molecule has 1 aliphatic carbocycles. The molecule has 1 aliphatic rings. The molecular formula is C20H18F3N3S. The SMILES string of the molecule is Cn1c(SCc2cccc(C(F)(F)F)c2)nnc1C1CC1c1ccccc1. The largest absolute Gasteiger partial charge is 0.416 e. The van der Waals surface area contributed by atoms with Crippen LogP contribution in [0.1, 0.15) is 40.8 Å². The zero-order valence-electron chi connectivity index (χ0n) is 14.6. The first-order chi connectivity index (χ1) is 12.9. The van der Waals surface area contributed by atoms with Crippen LogP contribution < -0.4 is 0 Å². The van der Waals surface area contributed by atoms with E-state index < -0.39 is 11.7 Å². The molecule has 1 aromatic heterocycles. The lowest BCUT2D eigenvalue weighted by atomic mass is 10.1. The van der Waals surface area contributed by atoms with E-state index in [-0.39, 0.29) is 0 Å². The van der Waals surface area contributed by atoms with Gasteiger partial charge in [-0.3, -0.25) is 0 Å². The van der Waals surface area contributed by atoms with Crippen LogP contribution >= 0.6 is 11.8 Å². The third-order valence-corrected chi connectivity index (χ3v) is 5.93. The molecule has 3 nitrogen and oxygen atoms in total. The van der Waals surface area contributed by atoms with E-state index in [9.17, 15) is 13.2 Å². The Bertz CT molecular complexity index is 937. The number of nitrogens with zero attached hydrogens (tertiary/aromatic N) is 3. The van der Waals surface area contributed by atoms with Crippen LogP contribution in [-0.2, 0) is 19.0 Å². The molecule has 2 unspecified atom stereocenters. The Balaban J connectivity index is 1.43. The van der Waals surface area contributed by atoms with Crippen molar-refractivity contribution in [3.8, 4) is 0 Å². The van der Waals surface area contributed by atoms with Gasteiger partial charge < -0.3 is 4.57 Å². The Morgan fingerprint density at radius 1 is 1.04 bits per heavy atom. The van der Waals surface area contributed by atoms with Gasteiger partial charge in [0, 0.05) is 18.7 Å². The van der Waals surface area contributed by atoms with E-state index in [2.05, 4.69) is 22.3 Å². The maximum atomic E-state index is 12.8. The molecule has 27 heavy (non-hydrogen) atoms. The van der Waals surface area contributed by atoms with E-state index in [4.69, 9.17) is 0 Å². The first-order valence-corrected chi connectivity index (χ1v) is 9.65. The van der Waals surface area contributed by atoms with Crippen molar-refractivity contribution in [1.29, 1.82) is 0 Å². The third-order valence-electron chi connectivity index (χ3n) is 4.84. The minimum atomic E-state index is -4.32. The number of hydrogen-bond donors (Lipinski definition) is 0. The molecule has 0 aliphatic heterocycles. The van der Waals surface area contributed by atoms with E-state index in [1.807, 2.05) is 29.8 Å². The zero-order valence-corrected chi connectivity index (χ0v) is 15.5. The number of benzene rings is 2. The van der Waals surface area contributed by atoms with Gasteiger partial charge in [0.05, 0.1) is 5.56 Å². The maximum absolute atomic E-state index is 12.8. The van der Waals surface area contributed by atoms with Gasteiger partial charge in [-0.25, -0.2) is 0 Å². The van der Waals surface area contributed by atoms with Crippen molar-refractivity contribution in [3.63, 3.8) is 0 Å². The number of rotatable bonds is 5. The van der Waals surface area contributed by atoms with E-state index in [1.54, 1.807) is 6.07 Å². The van der Waals surface area contributed by atoms with Crippen LogP contribution in [0.25, 0.3) is 0 Å². The second-order valence-corrected chi connectivity index (χ2v) is 7.69. The van der Waals surface area contributed by atoms with E-state index in [0.717, 1.165) is 23.5 Å². The van der Waals surface area contributed by atoms with Crippen molar-refractivity contribution >= 4 is 11.8 Å². The predicted octanol–water partition coefficient (Wildman–Crippen LogP) is 5.40. The Morgan fingerprint density at radius 2 is 1.81 bits per heavy atom. The second kappa shape index (κ2) is 7.03. The molecule has 0 radical (unpaired) electrons. The number of thioether (sulfide) groups is 1. The first kappa shape index (κ1) is 18.1. The van der Waals surface area contributed by atoms with Gasteiger partial charge in [-0.15, -0.1) is 10.2 Å². The highest BCUT2D eigenvalue weighted by Gasteiger charge is 2.42. The molecule has 0 saturated heterocycles. The average molecular weight is 389 g/mol. The highest BCUT2D eigenvalue weighted by Crippen LogP contribution is 2.54. The summed E-state index contributed by atoms with van der Waals surface area (Å²) in [5.41, 5.74) is 1.31. The summed E-state index contributed by atoms with van der Waals surface area (Å²) in [6.07, 6.45) is -3.27. The monoisotopic (exact) mass is 389 g/mol. The zero-order chi connectivity index (χ0) is 19.0. The molecule has 2 aromatic carbocycles. The van der Waals surface area contributed by atoms with Gasteiger partial charge in [0.1, 0.15) is 5.82 Å². The van der Waals surface area contributed by atoms with Gasteiger partial charge >= 0.3 is 6.18 Å². The summed E-state index contributed by atoms with van der Waals surface area (Å²) in [5, 5.41) is 9.30. The highest BCUT2D eigenvalue weighted by atomic mass is 32.2. The Kier molecular flexibility index (Phi) is 4.72. The van der Waals surface area contributed by atoms with Gasteiger partial charge in [0.25, 0.3) is 0 Å². The second-order valence-electron chi connectivity index (χ2n) is 6.75. The van der Waals surface area contributed by atoms with Gasteiger partial charge in [0.2, 0.25) is 0 Å². The number of aromatic nitrogens is 3. The van der Waals surface area contributed by atoms with Crippen LogP contribution in [0.3, 0.4) is 0 Å². The molecule has 0 N–H and O–H groups in total. The van der Waals surface area contributed by atoms with Crippen molar-refractivity contribution in [2.75, 3.05) is 0 Å². The summed E-state index contributed by atoms with van der Waals surface area (Å²) in [5.74, 6) is 2.18. The molecule has 1 saturated carbocycles. The first-order valence-electron chi connectivity index (χ1n) is 8.66. The Morgan fingerprint density at radius 3 is 2.56 bits per heavy atom. The fourth-order valence-electron chi connectivity index (χ4n) is 3.31. The summed E-state index contributed by atoms with van der Waals surface area (Å²) in [6, 6.07) is 15.8. The maximum Gasteiger partial charge on any atom is 0.416 e. The molecule has 1 fully saturated rings. The van der Waals surface area contributed by atoms with Crippen molar-refractivity contribution in [2.24, 2.45) is 7.05 Å². The van der Waals surface area contributed by atoms with Crippen LogP contribution in [0.5, 0.6) is 0 Å². The Hall–Kier alpha value is -2.28. The molecule has 0 amide bonds. The molecule has 0 spiro atoms. The lowest BCUT2D eigenvalue weighted by molar-refractivity contribution is -0.137. The lowest BCUT2D eigenvalue weighted by Gasteiger charge is -2.08. The summed E-state index contributed by atoms with van der Waals surface area (Å²) < 4.78 is 40.5. The molecule has 1 heterocycles. The van der Waals surface area contributed by atoms with Gasteiger partial charge in [-0.05, 0) is 29.5 Å². The summed E-state index contributed by atoms with van der Waals surface area (Å²) in [4.78, 5) is 0. The fourth-order valence-corrected chi connectivity index (χ4v) is 4.17. The summed E-state index contributed by atoms with van der Waals surface area (Å²) in [6.45, 7) is 0. The van der Waals surface area contributed by atoms with Crippen LogP contribution in [0.2, 0.25) is 0 Å². The molecule has 0 bridgehead atoms. The van der Waals surface area contributed by atoms with Gasteiger partial charge in [-0.2, -0.15) is 13.2 Å². The number of hydrogen-bond acceptors (Lipinski definition) is 3. The normalized spacial score (nSPS) is 19.3. The molecule has 3 aromatic rings. The van der Waals surface area contributed by atoms with Gasteiger partial charge in [0.15, 0.2) is 5.16 Å². The van der Waals surface area contributed by atoms with Crippen LogP contribution in [0, 0.1) is 0 Å². The highest BCUT2D eigenvalue weighted by molar-refractivity contribution is 7.98. The molecule has 2 atom stereocenters. The quantitative estimate of drug-likeness (QED) is 0.548. The van der Waals surface area contributed by atoms with Crippen LogP contribution in [0.4, 0.5) is 13.2 Å². The van der Waals surface area contributed by atoms with Crippen LogP contribution in [0.15, 0.2) is 59.8 Å². The van der Waals surface area contributed by atoms with Crippen LogP contribution in [-0.4, -0.2) is 14.8 Å². The molecule has 4 rings (SSSR count). The van der Waals surface area contributed by atoms with Crippen molar-refractivity contribution in [2.45, 2.75) is 35.3 Å². The number of halogens is 3. The molecule has 7 heteroatoms. The average Bonchev–Trinajstić information content (AvgIpc) is 3.37. The van der Waals surface area contributed by atoms with Crippen molar-refractivity contribution in [1.82, 2.24) is 14.8 Å². The lowest BCUT2D eigenvalue weighted by Crippen LogP contribution is -2.05. The number of alkyl halides is 3. The van der Waals surface area contributed by atoms with E-state index in [1.165, 1.54) is 29.5 Å². The van der Waals surface area contributed by atoms with Gasteiger partial charge in [-0.1, -0.05) is 60.3 Å². The fraction of sp³-hybridized carbons (Fsp3) is 0.300. The smallest absolute Gasteiger partial charge is 0.309 e. The third kappa shape index (κ3) is 3.88. The van der Waals surface area contributed by atoms with Crippen molar-refractivity contribution < 1.29 is 13.2 Å². The minimum absolute atomic E-state index is 0.354. The standard InChI is InChI=1S/C20H18F3N3S/c1-26-18(17-11-16(17)14-7-3-2-4-8-14)24-25-19(26)27-12-13-6-5-9-15(10-13)20(21,22)23/h2-10,16-17H,11-12H2,1H3. The van der Waals surface area contributed by atoms with E-state index in [0.29, 0.717) is 23.2 Å². The Labute approximate surface area is 159 Å². The molecular weight excluding hydrogens is 371 g/mol. The molecule has 140 valence electrons.